The van der Waals surface area contributed by atoms with Crippen LogP contribution in [0.25, 0.3) is 0 Å². The lowest BCUT2D eigenvalue weighted by atomic mass is 10.2. The van der Waals surface area contributed by atoms with Gasteiger partial charge in [0.25, 0.3) is 0 Å². The molecule has 0 fully saturated rings. The molecule has 0 saturated carbocycles. The molecule has 0 aliphatic heterocycles. The van der Waals surface area contributed by atoms with Gasteiger partial charge in [0, 0.05) is 5.56 Å². The summed E-state index contributed by atoms with van der Waals surface area (Å²) in [6.45, 7) is 2.33. The zero-order valence-electron chi connectivity index (χ0n) is 9.02. The van der Waals surface area contributed by atoms with Gasteiger partial charge >= 0.3 is 0 Å². The van der Waals surface area contributed by atoms with Crippen molar-refractivity contribution in [1.82, 2.24) is 15.0 Å². The Morgan fingerprint density at radius 1 is 1.38 bits per heavy atom. The van der Waals surface area contributed by atoms with E-state index in [1.807, 2.05) is 6.92 Å². The number of halogens is 1. The first kappa shape index (κ1) is 10.6. The molecule has 84 valence electrons. The Kier molecular flexibility index (Phi) is 2.85. The van der Waals surface area contributed by atoms with E-state index in [9.17, 15) is 4.39 Å². The number of rotatable bonds is 3. The number of nitrogen functional groups attached to an aromatic ring is 1. The van der Waals surface area contributed by atoms with Crippen LogP contribution in [0.5, 0.6) is 0 Å². The topological polar surface area (TPSA) is 56.7 Å². The lowest BCUT2D eigenvalue weighted by molar-refractivity contribution is 0.567. The minimum atomic E-state index is -0.237. The zero-order valence-corrected chi connectivity index (χ0v) is 9.02. The van der Waals surface area contributed by atoms with Crippen molar-refractivity contribution >= 4 is 5.82 Å². The fourth-order valence-electron chi connectivity index (χ4n) is 1.62. The minimum Gasteiger partial charge on any atom is -0.381 e. The van der Waals surface area contributed by atoms with Crippen molar-refractivity contribution in [3.05, 3.63) is 41.3 Å². The summed E-state index contributed by atoms with van der Waals surface area (Å²) in [5.74, 6) is 0.178. The standard InChI is InChI=1S/C11H13FN4/c1-2-10-11(13)14-15-16(10)7-8-5-3-4-6-9(8)12/h3-6H,2,7,13H2,1H3. The van der Waals surface area contributed by atoms with Crippen LogP contribution in [0.15, 0.2) is 24.3 Å². The third kappa shape index (κ3) is 1.88. The van der Waals surface area contributed by atoms with Gasteiger partial charge in [0.15, 0.2) is 5.82 Å². The summed E-state index contributed by atoms with van der Waals surface area (Å²) in [6.07, 6.45) is 0.729. The van der Waals surface area contributed by atoms with Crippen molar-refractivity contribution in [3.63, 3.8) is 0 Å². The smallest absolute Gasteiger partial charge is 0.169 e. The van der Waals surface area contributed by atoms with E-state index in [-0.39, 0.29) is 5.82 Å². The van der Waals surface area contributed by atoms with Crippen molar-refractivity contribution in [2.75, 3.05) is 5.73 Å². The SMILES string of the molecule is CCc1c(N)nnn1Cc1ccccc1F. The van der Waals surface area contributed by atoms with Gasteiger partial charge < -0.3 is 5.73 Å². The summed E-state index contributed by atoms with van der Waals surface area (Å²) in [4.78, 5) is 0. The van der Waals surface area contributed by atoms with Crippen LogP contribution in [-0.4, -0.2) is 15.0 Å². The molecule has 16 heavy (non-hydrogen) atoms. The van der Waals surface area contributed by atoms with Crippen LogP contribution >= 0.6 is 0 Å². The molecule has 0 aliphatic carbocycles. The normalized spacial score (nSPS) is 10.6. The molecule has 1 aromatic carbocycles. The molecule has 1 aromatic heterocycles. The number of hydrogen-bond acceptors (Lipinski definition) is 3. The van der Waals surface area contributed by atoms with E-state index in [0.29, 0.717) is 17.9 Å². The Morgan fingerprint density at radius 2 is 2.12 bits per heavy atom. The van der Waals surface area contributed by atoms with Crippen LogP contribution in [0, 0.1) is 5.82 Å². The van der Waals surface area contributed by atoms with Gasteiger partial charge in [-0.05, 0) is 12.5 Å². The van der Waals surface area contributed by atoms with Gasteiger partial charge in [-0.2, -0.15) is 0 Å². The van der Waals surface area contributed by atoms with E-state index in [0.717, 1.165) is 12.1 Å². The maximum atomic E-state index is 13.4. The Morgan fingerprint density at radius 3 is 2.81 bits per heavy atom. The Hall–Kier alpha value is -1.91. The molecule has 2 rings (SSSR count). The van der Waals surface area contributed by atoms with Crippen LogP contribution in [0.1, 0.15) is 18.2 Å². The first-order chi connectivity index (χ1) is 7.72. The largest absolute Gasteiger partial charge is 0.381 e. The average Bonchev–Trinajstić information content (AvgIpc) is 2.63. The van der Waals surface area contributed by atoms with Gasteiger partial charge in [0.05, 0.1) is 12.2 Å². The summed E-state index contributed by atoms with van der Waals surface area (Å²) in [5.41, 5.74) is 7.08. The van der Waals surface area contributed by atoms with Gasteiger partial charge in [0.1, 0.15) is 5.82 Å². The highest BCUT2D eigenvalue weighted by molar-refractivity contribution is 5.33. The first-order valence-corrected chi connectivity index (χ1v) is 5.13. The van der Waals surface area contributed by atoms with E-state index >= 15 is 0 Å². The molecule has 5 heteroatoms. The van der Waals surface area contributed by atoms with Crippen LogP contribution < -0.4 is 5.73 Å². The van der Waals surface area contributed by atoms with Crippen molar-refractivity contribution < 1.29 is 4.39 Å². The van der Waals surface area contributed by atoms with E-state index in [2.05, 4.69) is 10.3 Å². The molecule has 1 heterocycles. The molecule has 0 amide bonds. The van der Waals surface area contributed by atoms with Crippen molar-refractivity contribution in [2.24, 2.45) is 0 Å². The second kappa shape index (κ2) is 4.30. The Labute approximate surface area is 92.9 Å². The average molecular weight is 220 g/mol. The third-order valence-electron chi connectivity index (χ3n) is 2.48. The molecule has 0 saturated heterocycles. The monoisotopic (exact) mass is 220 g/mol. The second-order valence-electron chi connectivity index (χ2n) is 3.52. The molecule has 2 aromatic rings. The lowest BCUT2D eigenvalue weighted by Gasteiger charge is -2.05. The summed E-state index contributed by atoms with van der Waals surface area (Å²) in [6, 6.07) is 6.62. The van der Waals surface area contributed by atoms with Crippen LogP contribution in [0.2, 0.25) is 0 Å². The molecular formula is C11H13FN4. The zero-order chi connectivity index (χ0) is 11.5. The highest BCUT2D eigenvalue weighted by Gasteiger charge is 2.09. The van der Waals surface area contributed by atoms with E-state index in [4.69, 9.17) is 5.73 Å². The molecule has 0 radical (unpaired) electrons. The summed E-state index contributed by atoms with van der Waals surface area (Å²) < 4.78 is 15.1. The van der Waals surface area contributed by atoms with Gasteiger partial charge in [-0.1, -0.05) is 30.3 Å². The van der Waals surface area contributed by atoms with Crippen molar-refractivity contribution in [2.45, 2.75) is 19.9 Å². The van der Waals surface area contributed by atoms with Crippen molar-refractivity contribution in [3.8, 4) is 0 Å². The van der Waals surface area contributed by atoms with E-state index in [1.54, 1.807) is 22.9 Å². The van der Waals surface area contributed by atoms with Crippen molar-refractivity contribution in [1.29, 1.82) is 0 Å². The number of aromatic nitrogens is 3. The lowest BCUT2D eigenvalue weighted by Crippen LogP contribution is -2.08. The molecule has 0 aliphatic rings. The maximum Gasteiger partial charge on any atom is 0.169 e. The molecule has 0 atom stereocenters. The molecule has 4 nitrogen and oxygen atoms in total. The fraction of sp³-hybridized carbons (Fsp3) is 0.273. The predicted octanol–water partition coefficient (Wildman–Crippen LogP) is 1.61. The third-order valence-corrected chi connectivity index (χ3v) is 2.48. The molecule has 0 bridgehead atoms. The van der Waals surface area contributed by atoms with Gasteiger partial charge in [0.2, 0.25) is 0 Å². The van der Waals surface area contributed by atoms with E-state index in [1.165, 1.54) is 6.07 Å². The Bertz CT molecular complexity index is 492. The second-order valence-corrected chi connectivity index (χ2v) is 3.52. The van der Waals surface area contributed by atoms with Gasteiger partial charge in [-0.15, -0.1) is 5.10 Å². The van der Waals surface area contributed by atoms with Crippen LogP contribution in [0.3, 0.4) is 0 Å². The summed E-state index contributed by atoms with van der Waals surface area (Å²) in [7, 11) is 0. The number of nitrogens with two attached hydrogens (primary N) is 1. The van der Waals surface area contributed by atoms with Crippen LogP contribution in [0.4, 0.5) is 10.2 Å². The minimum absolute atomic E-state index is 0.237. The number of anilines is 1. The molecular weight excluding hydrogens is 207 g/mol. The predicted molar refractivity (Wildman–Crippen MR) is 59.3 cm³/mol. The molecule has 0 spiro atoms. The number of benzene rings is 1. The first-order valence-electron chi connectivity index (χ1n) is 5.13. The highest BCUT2D eigenvalue weighted by Crippen LogP contribution is 2.12. The quantitative estimate of drug-likeness (QED) is 0.854. The van der Waals surface area contributed by atoms with Gasteiger partial charge in [-0.3, -0.25) is 0 Å². The fourth-order valence-corrected chi connectivity index (χ4v) is 1.62. The molecule has 2 N–H and O–H groups in total. The summed E-state index contributed by atoms with van der Waals surface area (Å²) in [5, 5.41) is 7.68. The Balaban J connectivity index is 2.31. The maximum absolute atomic E-state index is 13.4. The summed E-state index contributed by atoms with van der Waals surface area (Å²) >= 11 is 0. The highest BCUT2D eigenvalue weighted by atomic mass is 19.1. The number of nitrogens with zero attached hydrogens (tertiary/aromatic N) is 3. The van der Waals surface area contributed by atoms with Crippen LogP contribution in [-0.2, 0) is 13.0 Å². The van der Waals surface area contributed by atoms with E-state index < -0.39 is 0 Å². The molecule has 0 unspecified atom stereocenters. The van der Waals surface area contributed by atoms with Gasteiger partial charge in [-0.25, -0.2) is 9.07 Å². The number of hydrogen-bond donors (Lipinski definition) is 1.